The number of likely N-dealkylation sites (tertiary alicyclic amines) is 1. The van der Waals surface area contributed by atoms with Crippen molar-refractivity contribution in [1.29, 1.82) is 0 Å². The number of hydrogen-bond donors (Lipinski definition) is 0. The molecular formula is C19H24BrFN2O5. The van der Waals surface area contributed by atoms with Crippen LogP contribution in [0.3, 0.4) is 0 Å². The van der Waals surface area contributed by atoms with E-state index in [1.165, 1.54) is 24.1 Å². The quantitative estimate of drug-likeness (QED) is 0.679. The van der Waals surface area contributed by atoms with Gasteiger partial charge in [0.2, 0.25) is 0 Å². The van der Waals surface area contributed by atoms with Crippen molar-refractivity contribution in [1.82, 2.24) is 4.90 Å². The Balaban J connectivity index is 1.84. The van der Waals surface area contributed by atoms with E-state index in [0.717, 1.165) is 0 Å². The number of methoxy groups -OCH3 is 1. The van der Waals surface area contributed by atoms with Gasteiger partial charge in [0.05, 0.1) is 36.0 Å². The molecule has 0 radical (unpaired) electrons. The lowest BCUT2D eigenvalue weighted by atomic mass is 9.97. The number of morpholine rings is 1. The minimum absolute atomic E-state index is 0.149. The average Bonchev–Trinajstić information content (AvgIpc) is 2.62. The fourth-order valence-electron chi connectivity index (χ4n) is 3.47. The third-order valence-electron chi connectivity index (χ3n) is 4.68. The van der Waals surface area contributed by atoms with Gasteiger partial charge in [0.15, 0.2) is 0 Å². The van der Waals surface area contributed by atoms with Crippen LogP contribution in [0.2, 0.25) is 0 Å². The fraction of sp³-hybridized carbons (Fsp3) is 0.579. The maximum atomic E-state index is 14.2. The van der Waals surface area contributed by atoms with Crippen LogP contribution in [0.15, 0.2) is 16.6 Å². The molecule has 0 saturated carbocycles. The molecule has 0 aliphatic carbocycles. The second-order valence-corrected chi connectivity index (χ2v) is 8.69. The first-order chi connectivity index (χ1) is 13.1. The highest BCUT2D eigenvalue weighted by molar-refractivity contribution is 9.10. The molecule has 2 heterocycles. The van der Waals surface area contributed by atoms with E-state index in [4.69, 9.17) is 14.2 Å². The summed E-state index contributed by atoms with van der Waals surface area (Å²) in [6.07, 6.45) is -0.322. The number of halogens is 2. The molecular weight excluding hydrogens is 435 g/mol. The Morgan fingerprint density at radius 3 is 2.71 bits per heavy atom. The van der Waals surface area contributed by atoms with Gasteiger partial charge in [-0.05, 0) is 49.2 Å². The van der Waals surface area contributed by atoms with Crippen molar-refractivity contribution in [3.8, 4) is 5.75 Å². The molecule has 1 aromatic carbocycles. The van der Waals surface area contributed by atoms with Crippen molar-refractivity contribution in [2.45, 2.75) is 44.9 Å². The molecule has 2 unspecified atom stereocenters. The minimum Gasteiger partial charge on any atom is -0.495 e. The van der Waals surface area contributed by atoms with E-state index in [0.29, 0.717) is 30.9 Å². The Morgan fingerprint density at radius 1 is 1.36 bits per heavy atom. The van der Waals surface area contributed by atoms with Crippen LogP contribution < -0.4 is 9.64 Å². The number of anilines is 1. The number of piperidine rings is 1. The monoisotopic (exact) mass is 458 g/mol. The number of fused-ring (bicyclic) bond motifs is 1. The minimum atomic E-state index is -0.592. The molecule has 0 bridgehead atoms. The number of nitrogens with zero attached hydrogens (tertiary/aromatic N) is 2. The zero-order valence-corrected chi connectivity index (χ0v) is 17.9. The molecule has 1 aromatic rings. The van der Waals surface area contributed by atoms with Gasteiger partial charge in [-0.3, -0.25) is 4.79 Å². The number of rotatable bonds is 2. The van der Waals surface area contributed by atoms with Crippen LogP contribution in [0.4, 0.5) is 14.9 Å². The van der Waals surface area contributed by atoms with Crippen LogP contribution >= 0.6 is 15.9 Å². The normalized spacial score (nSPS) is 22.7. The molecule has 2 amide bonds. The maximum Gasteiger partial charge on any atom is 0.410 e. The largest absolute Gasteiger partial charge is 0.495 e. The van der Waals surface area contributed by atoms with Crippen molar-refractivity contribution in [2.24, 2.45) is 0 Å². The van der Waals surface area contributed by atoms with E-state index in [1.807, 2.05) is 20.8 Å². The van der Waals surface area contributed by atoms with Gasteiger partial charge in [0, 0.05) is 12.6 Å². The number of carbonyl (C=O) groups is 2. The highest BCUT2D eigenvalue weighted by atomic mass is 79.9. The smallest absolute Gasteiger partial charge is 0.410 e. The first-order valence-electron chi connectivity index (χ1n) is 9.05. The fourth-order valence-corrected chi connectivity index (χ4v) is 3.79. The van der Waals surface area contributed by atoms with E-state index < -0.39 is 23.6 Å². The van der Waals surface area contributed by atoms with Crippen molar-refractivity contribution in [2.75, 3.05) is 31.7 Å². The first kappa shape index (κ1) is 20.9. The summed E-state index contributed by atoms with van der Waals surface area (Å²) in [6.45, 7) is 5.98. The SMILES string of the molecule is COc1cc(Br)c(F)cc1N1C(=O)COC2CN(C(=O)OC(C)(C)C)CCC21. The molecule has 9 heteroatoms. The van der Waals surface area contributed by atoms with E-state index in [9.17, 15) is 14.0 Å². The third-order valence-corrected chi connectivity index (χ3v) is 5.29. The van der Waals surface area contributed by atoms with Crippen molar-refractivity contribution < 1.29 is 28.2 Å². The van der Waals surface area contributed by atoms with E-state index in [-0.39, 0.29) is 23.0 Å². The van der Waals surface area contributed by atoms with Crippen LogP contribution in [-0.2, 0) is 14.3 Å². The van der Waals surface area contributed by atoms with E-state index in [2.05, 4.69) is 15.9 Å². The van der Waals surface area contributed by atoms with Crippen LogP contribution in [0, 0.1) is 5.82 Å². The molecule has 28 heavy (non-hydrogen) atoms. The van der Waals surface area contributed by atoms with Crippen LogP contribution in [0.25, 0.3) is 0 Å². The van der Waals surface area contributed by atoms with Gasteiger partial charge >= 0.3 is 6.09 Å². The number of benzene rings is 1. The molecule has 2 atom stereocenters. The number of amides is 2. The molecule has 0 N–H and O–H groups in total. The molecule has 0 aromatic heterocycles. The zero-order chi connectivity index (χ0) is 20.6. The highest BCUT2D eigenvalue weighted by Crippen LogP contribution is 2.38. The molecule has 7 nitrogen and oxygen atoms in total. The summed E-state index contributed by atoms with van der Waals surface area (Å²) in [5.41, 5.74) is -0.233. The summed E-state index contributed by atoms with van der Waals surface area (Å²) in [6, 6.07) is 2.45. The summed E-state index contributed by atoms with van der Waals surface area (Å²) in [7, 11) is 1.47. The van der Waals surface area contributed by atoms with Gasteiger partial charge in [-0.15, -0.1) is 0 Å². The van der Waals surface area contributed by atoms with E-state index in [1.54, 1.807) is 4.90 Å². The number of carbonyl (C=O) groups excluding carboxylic acids is 2. The Labute approximate surface area is 171 Å². The third kappa shape index (κ3) is 4.25. The predicted molar refractivity (Wildman–Crippen MR) is 104 cm³/mol. The lowest BCUT2D eigenvalue weighted by molar-refractivity contribution is -0.135. The molecule has 2 fully saturated rings. The van der Waals surface area contributed by atoms with Gasteiger partial charge in [0.25, 0.3) is 5.91 Å². The second-order valence-electron chi connectivity index (χ2n) is 7.83. The summed E-state index contributed by atoms with van der Waals surface area (Å²) in [4.78, 5) is 28.1. The lowest BCUT2D eigenvalue weighted by Crippen LogP contribution is -2.62. The summed E-state index contributed by atoms with van der Waals surface area (Å²) >= 11 is 3.14. The van der Waals surface area contributed by atoms with Gasteiger partial charge < -0.3 is 24.0 Å². The molecule has 3 rings (SSSR count). The highest BCUT2D eigenvalue weighted by Gasteiger charge is 2.43. The Kier molecular flexibility index (Phi) is 5.86. The molecule has 2 aliphatic rings. The second kappa shape index (κ2) is 7.87. The van der Waals surface area contributed by atoms with Crippen LogP contribution in [0.1, 0.15) is 27.2 Å². The van der Waals surface area contributed by atoms with Gasteiger partial charge in [-0.2, -0.15) is 0 Å². The van der Waals surface area contributed by atoms with Crippen molar-refractivity contribution in [3.63, 3.8) is 0 Å². The van der Waals surface area contributed by atoms with Crippen LogP contribution in [0.5, 0.6) is 5.75 Å². The van der Waals surface area contributed by atoms with Gasteiger partial charge in [0.1, 0.15) is 23.8 Å². The summed E-state index contributed by atoms with van der Waals surface area (Å²) in [5, 5.41) is 0. The molecule has 2 saturated heterocycles. The first-order valence-corrected chi connectivity index (χ1v) is 9.84. The summed E-state index contributed by atoms with van der Waals surface area (Å²) in [5.74, 6) is -0.373. The van der Waals surface area contributed by atoms with Crippen LogP contribution in [-0.4, -0.2) is 61.5 Å². The Hall–Kier alpha value is -1.87. The standard InChI is InChI=1S/C19H24BrFN2O5/c1-19(2,3)28-18(25)22-6-5-13-16(9-22)27-10-17(24)23(13)14-8-12(21)11(20)7-15(14)26-4/h7-8,13,16H,5-6,9-10H2,1-4H3. The molecule has 2 aliphatic heterocycles. The number of hydrogen-bond acceptors (Lipinski definition) is 5. The Morgan fingerprint density at radius 2 is 2.07 bits per heavy atom. The summed E-state index contributed by atoms with van der Waals surface area (Å²) < 4.78 is 30.9. The predicted octanol–water partition coefficient (Wildman–Crippen LogP) is 3.34. The van der Waals surface area contributed by atoms with Gasteiger partial charge in [-0.25, -0.2) is 9.18 Å². The van der Waals surface area contributed by atoms with Gasteiger partial charge in [-0.1, -0.05) is 0 Å². The lowest BCUT2D eigenvalue weighted by Gasteiger charge is -2.46. The van der Waals surface area contributed by atoms with Crippen molar-refractivity contribution in [3.05, 3.63) is 22.4 Å². The average molecular weight is 459 g/mol. The molecule has 154 valence electrons. The molecule has 0 spiro atoms. The Bertz CT molecular complexity index is 782. The zero-order valence-electron chi connectivity index (χ0n) is 16.3. The maximum absolute atomic E-state index is 14.2. The number of ether oxygens (including phenoxy) is 3. The topological polar surface area (TPSA) is 68.3 Å². The van der Waals surface area contributed by atoms with E-state index >= 15 is 0 Å². The van der Waals surface area contributed by atoms with Crippen molar-refractivity contribution >= 4 is 33.6 Å².